The third-order valence-corrected chi connectivity index (χ3v) is 7.32. The molecular formula is C30H25Br2F3N4O3. The van der Waals surface area contributed by atoms with Gasteiger partial charge in [0, 0.05) is 42.9 Å². The quantitative estimate of drug-likeness (QED) is 0.190. The van der Waals surface area contributed by atoms with Crippen LogP contribution in [0.15, 0.2) is 97.7 Å². The molecule has 218 valence electrons. The van der Waals surface area contributed by atoms with Crippen LogP contribution in [0, 0.1) is 17.5 Å². The van der Waals surface area contributed by atoms with Crippen LogP contribution in [0.4, 0.5) is 18.9 Å². The second-order valence-electron chi connectivity index (χ2n) is 8.96. The molecule has 1 N–H and O–H groups in total. The highest BCUT2D eigenvalue weighted by molar-refractivity contribution is 9.10. The van der Waals surface area contributed by atoms with E-state index in [9.17, 15) is 18.0 Å². The molecule has 6 rings (SSSR count). The molecule has 1 aliphatic rings. The summed E-state index contributed by atoms with van der Waals surface area (Å²) in [5, 5.41) is 3.25. The van der Waals surface area contributed by atoms with Crippen LogP contribution in [-0.4, -0.2) is 41.9 Å². The SMILES string of the molecule is CC(=O)c1ccc(F)c(Br)c1.Fc1ccc(-c2cocn2)cc1Br.Fc1ccc(-c2cocn2)cc1N1CCNCC1. The summed E-state index contributed by atoms with van der Waals surface area (Å²) in [4.78, 5) is 20.8. The van der Waals surface area contributed by atoms with Crippen LogP contribution < -0.4 is 10.2 Å². The molecule has 0 atom stereocenters. The molecule has 0 amide bonds. The molecule has 0 saturated carbocycles. The molecule has 5 aromatic rings. The van der Waals surface area contributed by atoms with Gasteiger partial charge in [-0.05, 0) is 93.4 Å². The second kappa shape index (κ2) is 14.9. The molecule has 0 aliphatic carbocycles. The normalized spacial score (nSPS) is 12.6. The molecule has 12 heteroatoms. The summed E-state index contributed by atoms with van der Waals surface area (Å²) in [7, 11) is 0. The highest BCUT2D eigenvalue weighted by Gasteiger charge is 2.16. The summed E-state index contributed by atoms with van der Waals surface area (Å²) in [6.45, 7) is 4.85. The van der Waals surface area contributed by atoms with Gasteiger partial charge in [0.15, 0.2) is 18.6 Å². The van der Waals surface area contributed by atoms with Crippen molar-refractivity contribution in [2.24, 2.45) is 0 Å². The number of carbonyl (C=O) groups excluding carboxylic acids is 1. The van der Waals surface area contributed by atoms with Gasteiger partial charge < -0.3 is 19.1 Å². The van der Waals surface area contributed by atoms with Crippen molar-refractivity contribution in [3.05, 3.63) is 112 Å². The van der Waals surface area contributed by atoms with Gasteiger partial charge in [0.25, 0.3) is 0 Å². The van der Waals surface area contributed by atoms with E-state index in [1.54, 1.807) is 24.5 Å². The summed E-state index contributed by atoms with van der Waals surface area (Å²) in [5.41, 5.74) is 4.27. The number of halogens is 5. The Kier molecular flexibility index (Phi) is 11.1. The van der Waals surface area contributed by atoms with Gasteiger partial charge in [0.1, 0.15) is 41.4 Å². The van der Waals surface area contributed by atoms with Gasteiger partial charge in [-0.15, -0.1) is 0 Å². The number of piperazine rings is 1. The summed E-state index contributed by atoms with van der Waals surface area (Å²) in [6, 6.07) is 13.9. The first-order valence-electron chi connectivity index (χ1n) is 12.7. The first-order chi connectivity index (χ1) is 20.2. The molecule has 1 fully saturated rings. The maximum Gasteiger partial charge on any atom is 0.181 e. The Balaban J connectivity index is 0.000000150. The number of hydrogen-bond acceptors (Lipinski definition) is 7. The Morgan fingerprint density at radius 2 is 1.31 bits per heavy atom. The topological polar surface area (TPSA) is 84.4 Å². The predicted molar refractivity (Wildman–Crippen MR) is 161 cm³/mol. The van der Waals surface area contributed by atoms with E-state index in [0.717, 1.165) is 43.0 Å². The van der Waals surface area contributed by atoms with Gasteiger partial charge in [-0.25, -0.2) is 23.1 Å². The number of Topliss-reactive ketones (excluding diaryl/α,β-unsaturated/α-hetero) is 1. The zero-order valence-corrected chi connectivity index (χ0v) is 25.5. The van der Waals surface area contributed by atoms with Crippen LogP contribution in [0.5, 0.6) is 0 Å². The average Bonchev–Trinajstić information content (AvgIpc) is 3.73. The third-order valence-electron chi connectivity index (χ3n) is 6.11. The molecule has 42 heavy (non-hydrogen) atoms. The first-order valence-corrected chi connectivity index (χ1v) is 14.2. The number of ketones is 1. The van der Waals surface area contributed by atoms with Crippen molar-refractivity contribution in [2.45, 2.75) is 6.92 Å². The van der Waals surface area contributed by atoms with Gasteiger partial charge in [-0.2, -0.15) is 0 Å². The molecule has 3 aromatic carbocycles. The molecule has 0 unspecified atom stereocenters. The zero-order chi connectivity index (χ0) is 30.1. The maximum absolute atomic E-state index is 13.9. The van der Waals surface area contributed by atoms with E-state index < -0.39 is 0 Å². The molecule has 0 bridgehead atoms. The monoisotopic (exact) mass is 704 g/mol. The van der Waals surface area contributed by atoms with Crippen LogP contribution in [0.1, 0.15) is 17.3 Å². The van der Waals surface area contributed by atoms with Crippen molar-refractivity contribution in [1.82, 2.24) is 15.3 Å². The summed E-state index contributed by atoms with van der Waals surface area (Å²) >= 11 is 6.09. The minimum absolute atomic E-state index is 0.0642. The summed E-state index contributed by atoms with van der Waals surface area (Å²) in [6.07, 6.45) is 5.80. The van der Waals surface area contributed by atoms with Crippen LogP contribution in [0.25, 0.3) is 22.5 Å². The molecular weight excluding hydrogens is 681 g/mol. The van der Waals surface area contributed by atoms with Gasteiger partial charge in [-0.3, -0.25) is 4.79 Å². The van der Waals surface area contributed by atoms with Crippen LogP contribution in [0.2, 0.25) is 0 Å². The minimum Gasteiger partial charge on any atom is -0.451 e. The molecule has 0 radical (unpaired) electrons. The van der Waals surface area contributed by atoms with E-state index in [1.807, 2.05) is 6.07 Å². The van der Waals surface area contributed by atoms with Crippen LogP contribution >= 0.6 is 31.9 Å². The zero-order valence-electron chi connectivity index (χ0n) is 22.3. The molecule has 0 spiro atoms. The highest BCUT2D eigenvalue weighted by Crippen LogP contribution is 2.27. The number of benzene rings is 3. The van der Waals surface area contributed by atoms with Crippen molar-refractivity contribution in [2.75, 3.05) is 31.1 Å². The number of carbonyl (C=O) groups is 1. The maximum atomic E-state index is 13.9. The van der Waals surface area contributed by atoms with Gasteiger partial charge in [0.05, 0.1) is 14.6 Å². The fourth-order valence-electron chi connectivity index (χ4n) is 3.90. The molecule has 1 aliphatic heterocycles. The Labute approximate surface area is 257 Å². The fraction of sp³-hybridized carbons (Fsp3) is 0.167. The number of anilines is 1. The lowest BCUT2D eigenvalue weighted by atomic mass is 10.1. The van der Waals surface area contributed by atoms with Gasteiger partial charge in [-0.1, -0.05) is 0 Å². The van der Waals surface area contributed by atoms with E-state index in [-0.39, 0.29) is 23.2 Å². The molecule has 7 nitrogen and oxygen atoms in total. The number of nitrogens with one attached hydrogen (secondary N) is 1. The lowest BCUT2D eigenvalue weighted by Crippen LogP contribution is -2.43. The highest BCUT2D eigenvalue weighted by atomic mass is 79.9. The van der Waals surface area contributed by atoms with E-state index in [4.69, 9.17) is 8.83 Å². The number of hydrogen-bond donors (Lipinski definition) is 1. The lowest BCUT2D eigenvalue weighted by molar-refractivity contribution is 0.101. The van der Waals surface area contributed by atoms with Crippen molar-refractivity contribution >= 4 is 43.3 Å². The molecule has 3 heterocycles. The van der Waals surface area contributed by atoms with E-state index in [0.29, 0.717) is 25.9 Å². The van der Waals surface area contributed by atoms with Crippen LogP contribution in [-0.2, 0) is 0 Å². The largest absolute Gasteiger partial charge is 0.451 e. The minimum atomic E-state index is -0.352. The van der Waals surface area contributed by atoms with E-state index in [1.165, 1.54) is 56.3 Å². The van der Waals surface area contributed by atoms with Gasteiger partial charge in [0.2, 0.25) is 0 Å². The van der Waals surface area contributed by atoms with Gasteiger partial charge >= 0.3 is 0 Å². The summed E-state index contributed by atoms with van der Waals surface area (Å²) in [5.74, 6) is -0.892. The average molecular weight is 706 g/mol. The van der Waals surface area contributed by atoms with Crippen molar-refractivity contribution < 1.29 is 26.8 Å². The Bertz CT molecular complexity index is 1610. The Hall–Kier alpha value is -3.74. The number of rotatable bonds is 4. The number of aromatic nitrogens is 2. The summed E-state index contributed by atoms with van der Waals surface area (Å²) < 4.78 is 49.9. The Morgan fingerprint density at radius 3 is 1.81 bits per heavy atom. The van der Waals surface area contributed by atoms with Crippen LogP contribution in [0.3, 0.4) is 0 Å². The standard InChI is InChI=1S/C13H14FN3O.C9H5BrFNO.C8H6BrFO/c14-11-2-1-10(12-8-18-9-16-12)7-13(11)17-5-3-15-4-6-17;10-7-3-6(1-2-8(7)11)9-4-13-5-12-9;1-5(11)6-2-3-8(10)7(9)4-6/h1-2,7-9,15H,3-6H2;1-5H;2-4H,1H3. The third kappa shape index (κ3) is 8.40. The van der Waals surface area contributed by atoms with E-state index in [2.05, 4.69) is 52.0 Å². The fourth-order valence-corrected chi connectivity index (χ4v) is 4.66. The van der Waals surface area contributed by atoms with Crippen molar-refractivity contribution in [3.8, 4) is 22.5 Å². The first kappa shape index (κ1) is 31.2. The second-order valence-corrected chi connectivity index (χ2v) is 10.7. The number of nitrogens with zero attached hydrogens (tertiary/aromatic N) is 3. The lowest BCUT2D eigenvalue weighted by Gasteiger charge is -2.29. The van der Waals surface area contributed by atoms with Crippen molar-refractivity contribution in [1.29, 1.82) is 0 Å². The number of oxazole rings is 2. The Morgan fingerprint density at radius 1 is 0.786 bits per heavy atom. The van der Waals surface area contributed by atoms with E-state index >= 15 is 0 Å². The van der Waals surface area contributed by atoms with Crippen molar-refractivity contribution in [3.63, 3.8) is 0 Å². The molecule has 1 saturated heterocycles. The smallest absolute Gasteiger partial charge is 0.181 e. The predicted octanol–water partition coefficient (Wildman–Crippen LogP) is 7.92. The molecule has 2 aromatic heterocycles.